The Morgan fingerprint density at radius 2 is 1.20 bits per heavy atom. The van der Waals surface area contributed by atoms with Gasteiger partial charge in [0.25, 0.3) is 0 Å². The molecular formula is C14H22N2O4. The number of β-amino-alcohol motifs (C(OH)–C–C–N with tert-alkyl or cyclic N) is 2. The van der Waals surface area contributed by atoms with Crippen LogP contribution in [0.25, 0.3) is 0 Å². The second kappa shape index (κ2) is 5.33. The molecule has 0 radical (unpaired) electrons. The van der Waals surface area contributed by atoms with Crippen LogP contribution in [0.5, 0.6) is 0 Å². The van der Waals surface area contributed by atoms with Crippen molar-refractivity contribution in [1.82, 2.24) is 9.80 Å². The average molecular weight is 282 g/mol. The van der Waals surface area contributed by atoms with Gasteiger partial charge in [0.05, 0.1) is 12.2 Å². The molecule has 2 aliphatic heterocycles. The normalized spacial score (nSPS) is 31.7. The van der Waals surface area contributed by atoms with Crippen molar-refractivity contribution in [1.29, 1.82) is 0 Å². The topological polar surface area (TPSA) is 81.1 Å². The number of hydrogen-bond acceptors (Lipinski definition) is 4. The minimum Gasteiger partial charge on any atom is -0.388 e. The van der Waals surface area contributed by atoms with Crippen molar-refractivity contribution in [2.24, 2.45) is 11.8 Å². The Morgan fingerprint density at radius 1 is 0.750 bits per heavy atom. The molecule has 0 bridgehead atoms. The van der Waals surface area contributed by atoms with Crippen LogP contribution in [-0.4, -0.2) is 70.2 Å². The summed E-state index contributed by atoms with van der Waals surface area (Å²) in [6, 6.07) is 0. The number of amides is 2. The smallest absolute Gasteiger partial charge is 0.225 e. The fourth-order valence-electron chi connectivity index (χ4n) is 3.14. The van der Waals surface area contributed by atoms with E-state index >= 15 is 0 Å². The van der Waals surface area contributed by atoms with Crippen LogP contribution in [0.3, 0.4) is 0 Å². The van der Waals surface area contributed by atoms with Gasteiger partial charge >= 0.3 is 0 Å². The van der Waals surface area contributed by atoms with Crippen molar-refractivity contribution in [2.75, 3.05) is 26.2 Å². The molecule has 2 unspecified atom stereocenters. The molecule has 20 heavy (non-hydrogen) atoms. The van der Waals surface area contributed by atoms with Gasteiger partial charge in [0.1, 0.15) is 0 Å². The predicted molar refractivity (Wildman–Crippen MR) is 70.6 cm³/mol. The van der Waals surface area contributed by atoms with Gasteiger partial charge in [-0.15, -0.1) is 0 Å². The lowest BCUT2D eigenvalue weighted by molar-refractivity contribution is -0.140. The van der Waals surface area contributed by atoms with E-state index in [0.717, 1.165) is 12.8 Å². The predicted octanol–water partition coefficient (Wildman–Crippen LogP) is -0.801. The zero-order chi connectivity index (χ0) is 14.3. The van der Waals surface area contributed by atoms with Crippen LogP contribution < -0.4 is 0 Å². The van der Waals surface area contributed by atoms with Crippen LogP contribution in [0.1, 0.15) is 25.7 Å². The lowest BCUT2D eigenvalue weighted by atomic mass is 9.95. The van der Waals surface area contributed by atoms with Gasteiger partial charge < -0.3 is 20.0 Å². The maximum absolute atomic E-state index is 12.3. The second-order valence-electron chi connectivity index (χ2n) is 6.25. The van der Waals surface area contributed by atoms with Gasteiger partial charge in [0.15, 0.2) is 0 Å². The summed E-state index contributed by atoms with van der Waals surface area (Å²) >= 11 is 0. The summed E-state index contributed by atoms with van der Waals surface area (Å²) in [4.78, 5) is 27.7. The van der Waals surface area contributed by atoms with Crippen LogP contribution in [-0.2, 0) is 9.59 Å². The van der Waals surface area contributed by atoms with E-state index in [4.69, 9.17) is 0 Å². The van der Waals surface area contributed by atoms with Crippen LogP contribution in [0.4, 0.5) is 0 Å². The van der Waals surface area contributed by atoms with Crippen molar-refractivity contribution < 1.29 is 19.8 Å². The molecule has 1 aliphatic carbocycles. The van der Waals surface area contributed by atoms with E-state index in [1.807, 2.05) is 4.90 Å². The second-order valence-corrected chi connectivity index (χ2v) is 6.25. The summed E-state index contributed by atoms with van der Waals surface area (Å²) in [7, 11) is 0. The Labute approximate surface area is 118 Å². The number of nitrogens with zero attached hydrogens (tertiary/aromatic N) is 2. The number of aliphatic hydroxyl groups excluding tert-OH is 2. The van der Waals surface area contributed by atoms with Crippen molar-refractivity contribution in [3.8, 4) is 0 Å². The van der Waals surface area contributed by atoms with Gasteiger partial charge in [-0.2, -0.15) is 0 Å². The number of hydrogen-bond donors (Lipinski definition) is 2. The van der Waals surface area contributed by atoms with E-state index < -0.39 is 12.2 Å². The van der Waals surface area contributed by atoms with Crippen molar-refractivity contribution in [3.63, 3.8) is 0 Å². The lowest BCUT2D eigenvalue weighted by Gasteiger charge is -2.33. The van der Waals surface area contributed by atoms with Gasteiger partial charge in [0.2, 0.25) is 11.8 Å². The number of aliphatic hydroxyl groups is 2. The zero-order valence-corrected chi connectivity index (χ0v) is 11.6. The molecule has 3 fully saturated rings. The van der Waals surface area contributed by atoms with E-state index in [0.29, 0.717) is 25.9 Å². The third-order valence-electron chi connectivity index (χ3n) is 4.65. The highest BCUT2D eigenvalue weighted by Crippen LogP contribution is 2.32. The summed E-state index contributed by atoms with van der Waals surface area (Å²) < 4.78 is 0. The molecule has 112 valence electrons. The van der Waals surface area contributed by atoms with Crippen LogP contribution in [0, 0.1) is 11.8 Å². The highest BCUT2D eigenvalue weighted by atomic mass is 16.3. The molecular weight excluding hydrogens is 260 g/mol. The average Bonchev–Trinajstić information content (AvgIpc) is 3.24. The Bertz CT molecular complexity index is 392. The molecule has 6 nitrogen and oxygen atoms in total. The van der Waals surface area contributed by atoms with Gasteiger partial charge in [-0.3, -0.25) is 9.59 Å². The van der Waals surface area contributed by atoms with E-state index in [1.54, 1.807) is 4.90 Å². The Morgan fingerprint density at radius 3 is 1.70 bits per heavy atom. The first-order chi connectivity index (χ1) is 9.56. The Hall–Kier alpha value is -1.14. The fraction of sp³-hybridized carbons (Fsp3) is 0.857. The van der Waals surface area contributed by atoms with Gasteiger partial charge in [0, 0.05) is 38.0 Å². The third kappa shape index (κ3) is 2.67. The first-order valence-corrected chi connectivity index (χ1v) is 7.50. The highest BCUT2D eigenvalue weighted by Gasteiger charge is 2.39. The molecule has 0 aromatic rings. The number of rotatable bonds is 2. The number of likely N-dealkylation sites (tertiary alicyclic amines) is 2. The zero-order valence-electron chi connectivity index (χ0n) is 11.6. The molecule has 0 spiro atoms. The standard InChI is InChI=1S/C14H22N2O4/c17-11-7-16(8-12(11)18)14(20)10-3-5-15(6-4-10)13(19)9-1-2-9/h9-12,17-18H,1-8H2. The van der Waals surface area contributed by atoms with Crippen LogP contribution in [0.15, 0.2) is 0 Å². The summed E-state index contributed by atoms with van der Waals surface area (Å²) in [5.74, 6) is 0.434. The SMILES string of the molecule is O=C(C1CC1)N1CCC(C(=O)N2CC(O)C(O)C2)CC1. The van der Waals surface area contributed by atoms with E-state index in [-0.39, 0.29) is 36.7 Å². The maximum Gasteiger partial charge on any atom is 0.225 e. The van der Waals surface area contributed by atoms with Crippen molar-refractivity contribution in [3.05, 3.63) is 0 Å². The Kier molecular flexibility index (Phi) is 3.69. The number of carbonyl (C=O) groups excluding carboxylic acids is 2. The minimum absolute atomic E-state index is 0.0131. The molecule has 3 aliphatic rings. The molecule has 3 rings (SSSR count). The third-order valence-corrected chi connectivity index (χ3v) is 4.65. The molecule has 0 aromatic heterocycles. The first kappa shape index (κ1) is 13.8. The molecule has 0 aromatic carbocycles. The van der Waals surface area contributed by atoms with Crippen LogP contribution >= 0.6 is 0 Å². The molecule has 2 N–H and O–H groups in total. The maximum atomic E-state index is 12.3. The van der Waals surface area contributed by atoms with Crippen molar-refractivity contribution in [2.45, 2.75) is 37.9 Å². The quantitative estimate of drug-likeness (QED) is 0.695. The van der Waals surface area contributed by atoms with E-state index in [1.165, 1.54) is 0 Å². The van der Waals surface area contributed by atoms with Gasteiger partial charge in [-0.25, -0.2) is 0 Å². The summed E-state index contributed by atoms with van der Waals surface area (Å²) in [6.07, 6.45) is 1.77. The van der Waals surface area contributed by atoms with Gasteiger partial charge in [-0.05, 0) is 25.7 Å². The summed E-state index contributed by atoms with van der Waals surface area (Å²) in [6.45, 7) is 1.76. The van der Waals surface area contributed by atoms with E-state index in [9.17, 15) is 19.8 Å². The van der Waals surface area contributed by atoms with Gasteiger partial charge in [-0.1, -0.05) is 0 Å². The molecule has 2 saturated heterocycles. The first-order valence-electron chi connectivity index (χ1n) is 7.50. The minimum atomic E-state index is -0.824. The summed E-state index contributed by atoms with van der Waals surface area (Å²) in [5, 5.41) is 19.0. The van der Waals surface area contributed by atoms with Crippen LogP contribution in [0.2, 0.25) is 0 Å². The van der Waals surface area contributed by atoms with Crippen molar-refractivity contribution >= 4 is 11.8 Å². The largest absolute Gasteiger partial charge is 0.388 e. The lowest BCUT2D eigenvalue weighted by Crippen LogP contribution is -2.44. The van der Waals surface area contributed by atoms with E-state index in [2.05, 4.69) is 0 Å². The molecule has 2 atom stereocenters. The number of piperidine rings is 1. The molecule has 2 amide bonds. The number of carbonyl (C=O) groups is 2. The molecule has 2 heterocycles. The fourth-order valence-corrected chi connectivity index (χ4v) is 3.14. The highest BCUT2D eigenvalue weighted by molar-refractivity contribution is 5.82. The molecule has 1 saturated carbocycles. The summed E-state index contributed by atoms with van der Waals surface area (Å²) in [5.41, 5.74) is 0. The monoisotopic (exact) mass is 282 g/mol. The Balaban J connectivity index is 1.50. The molecule has 6 heteroatoms.